The molecule has 8 nitrogen and oxygen atoms in total. The summed E-state index contributed by atoms with van der Waals surface area (Å²) in [6.45, 7) is 5.19. The van der Waals surface area contributed by atoms with Crippen molar-refractivity contribution < 1.29 is 19.1 Å². The van der Waals surface area contributed by atoms with Crippen molar-refractivity contribution in [3.05, 3.63) is 23.8 Å². The van der Waals surface area contributed by atoms with E-state index in [0.29, 0.717) is 11.3 Å². The third kappa shape index (κ3) is 5.62. The van der Waals surface area contributed by atoms with Crippen LogP contribution in [0.4, 0.5) is 16.2 Å². The van der Waals surface area contributed by atoms with Crippen LogP contribution in [0.2, 0.25) is 0 Å². The molecule has 0 saturated carbocycles. The molecule has 2 aliphatic rings. The highest BCUT2D eigenvalue weighted by atomic mass is 16.5. The molecule has 3 rings (SSSR count). The smallest absolute Gasteiger partial charge is 0.325 e. The van der Waals surface area contributed by atoms with E-state index < -0.39 is 12.0 Å². The summed E-state index contributed by atoms with van der Waals surface area (Å²) in [5, 5.41) is 5.18. The average molecular weight is 402 g/mol. The third-order valence-corrected chi connectivity index (χ3v) is 5.27. The molecule has 0 atom stereocenters. The molecule has 0 radical (unpaired) electrons. The molecule has 158 valence electrons. The zero-order chi connectivity index (χ0) is 20.6. The van der Waals surface area contributed by atoms with Gasteiger partial charge in [-0.2, -0.15) is 0 Å². The van der Waals surface area contributed by atoms with Crippen LogP contribution < -0.4 is 15.5 Å². The number of carbonyl (C=O) groups excluding carboxylic acids is 3. The van der Waals surface area contributed by atoms with Crippen molar-refractivity contribution in [2.45, 2.75) is 39.0 Å². The van der Waals surface area contributed by atoms with Crippen molar-refractivity contribution in [1.29, 1.82) is 0 Å². The third-order valence-electron chi connectivity index (χ3n) is 5.27. The summed E-state index contributed by atoms with van der Waals surface area (Å²) in [6, 6.07) is 4.95. The van der Waals surface area contributed by atoms with Crippen molar-refractivity contribution in [2.24, 2.45) is 0 Å². The summed E-state index contributed by atoms with van der Waals surface area (Å²) < 4.78 is 4.80. The number of rotatable bonds is 6. The molecule has 1 aromatic rings. The van der Waals surface area contributed by atoms with Crippen LogP contribution in [0.1, 0.15) is 49.4 Å². The summed E-state index contributed by atoms with van der Waals surface area (Å²) in [7, 11) is 0. The number of esters is 1. The lowest BCUT2D eigenvalue weighted by Gasteiger charge is -2.31. The van der Waals surface area contributed by atoms with Gasteiger partial charge in [0.2, 0.25) is 0 Å². The maximum Gasteiger partial charge on any atom is 0.325 e. The van der Waals surface area contributed by atoms with E-state index in [1.54, 1.807) is 19.1 Å². The number of hydrogen-bond acceptors (Lipinski definition) is 5. The Kier molecular flexibility index (Phi) is 7.32. The van der Waals surface area contributed by atoms with Crippen LogP contribution in [0.25, 0.3) is 0 Å². The fourth-order valence-electron chi connectivity index (χ4n) is 3.83. The lowest BCUT2D eigenvalue weighted by molar-refractivity contribution is -0.141. The normalized spacial score (nSPS) is 16.4. The molecule has 0 bridgehead atoms. The number of likely N-dealkylation sites (tertiary alicyclic amines) is 1. The van der Waals surface area contributed by atoms with Gasteiger partial charge in [0.05, 0.1) is 12.2 Å². The van der Waals surface area contributed by atoms with Gasteiger partial charge in [0.1, 0.15) is 6.54 Å². The Morgan fingerprint density at radius 3 is 2.38 bits per heavy atom. The molecule has 29 heavy (non-hydrogen) atoms. The fourth-order valence-corrected chi connectivity index (χ4v) is 3.83. The minimum absolute atomic E-state index is 0.0126. The van der Waals surface area contributed by atoms with Gasteiger partial charge in [0.25, 0.3) is 5.91 Å². The topological polar surface area (TPSA) is 91.0 Å². The second-order valence-corrected chi connectivity index (χ2v) is 7.39. The molecule has 0 spiro atoms. The van der Waals surface area contributed by atoms with Crippen LogP contribution >= 0.6 is 0 Å². The Hall–Kier alpha value is -2.77. The van der Waals surface area contributed by atoms with Gasteiger partial charge in [-0.05, 0) is 57.2 Å². The molecule has 3 amide bonds. The van der Waals surface area contributed by atoms with E-state index in [9.17, 15) is 14.4 Å². The number of hydrogen-bond donors (Lipinski definition) is 2. The molecular formula is C21H30N4O4. The quantitative estimate of drug-likeness (QED) is 0.714. The summed E-state index contributed by atoms with van der Waals surface area (Å²) >= 11 is 0. The highest BCUT2D eigenvalue weighted by Gasteiger charge is 2.25. The number of urea groups is 1. The van der Waals surface area contributed by atoms with Gasteiger partial charge in [0.15, 0.2) is 0 Å². The molecule has 0 unspecified atom stereocenters. The highest BCUT2D eigenvalue weighted by molar-refractivity contribution is 6.02. The van der Waals surface area contributed by atoms with Crippen molar-refractivity contribution in [1.82, 2.24) is 10.2 Å². The molecule has 2 N–H and O–H groups in total. The van der Waals surface area contributed by atoms with Gasteiger partial charge >= 0.3 is 12.0 Å². The lowest BCUT2D eigenvalue weighted by Crippen LogP contribution is -2.35. The SMILES string of the molecule is CCOC(=O)CNC(=O)Nc1ccc(N2CCCCC2)c(C(=O)N2CCCC2)c1. The Labute approximate surface area is 171 Å². The number of benzene rings is 1. The maximum atomic E-state index is 13.1. The summed E-state index contributed by atoms with van der Waals surface area (Å²) in [6.07, 6.45) is 5.51. The Bertz CT molecular complexity index is 740. The van der Waals surface area contributed by atoms with Gasteiger partial charge in [0, 0.05) is 37.6 Å². The molecule has 0 aliphatic carbocycles. The summed E-state index contributed by atoms with van der Waals surface area (Å²) in [5.41, 5.74) is 2.07. The predicted molar refractivity (Wildman–Crippen MR) is 111 cm³/mol. The summed E-state index contributed by atoms with van der Waals surface area (Å²) in [4.78, 5) is 40.8. The first-order valence-electron chi connectivity index (χ1n) is 10.5. The highest BCUT2D eigenvalue weighted by Crippen LogP contribution is 2.29. The average Bonchev–Trinajstić information content (AvgIpc) is 3.27. The lowest BCUT2D eigenvalue weighted by atomic mass is 10.1. The van der Waals surface area contributed by atoms with Crippen LogP contribution in [0.5, 0.6) is 0 Å². The van der Waals surface area contributed by atoms with Crippen LogP contribution in [-0.2, 0) is 9.53 Å². The van der Waals surface area contributed by atoms with Crippen LogP contribution in [0.3, 0.4) is 0 Å². The van der Waals surface area contributed by atoms with E-state index in [4.69, 9.17) is 4.74 Å². The number of piperidine rings is 1. The molecule has 2 fully saturated rings. The van der Waals surface area contributed by atoms with E-state index in [0.717, 1.165) is 57.5 Å². The van der Waals surface area contributed by atoms with Crippen molar-refractivity contribution in [3.8, 4) is 0 Å². The van der Waals surface area contributed by atoms with Gasteiger partial charge in [-0.3, -0.25) is 9.59 Å². The van der Waals surface area contributed by atoms with E-state index in [1.165, 1.54) is 6.42 Å². The largest absolute Gasteiger partial charge is 0.465 e. The van der Waals surface area contributed by atoms with Crippen LogP contribution in [-0.4, -0.2) is 62.1 Å². The molecule has 2 aliphatic heterocycles. The first kappa shape index (κ1) is 21.0. The number of anilines is 2. The van der Waals surface area contributed by atoms with E-state index >= 15 is 0 Å². The Balaban J connectivity index is 1.74. The monoisotopic (exact) mass is 402 g/mol. The number of ether oxygens (including phenoxy) is 1. The standard InChI is InChI=1S/C21H30N4O4/c1-2-29-19(26)15-22-21(28)23-16-8-9-18(24-10-4-3-5-11-24)17(14-16)20(27)25-12-6-7-13-25/h8-9,14H,2-7,10-13,15H2,1H3,(H2,22,23,28). The minimum atomic E-state index is -0.511. The van der Waals surface area contributed by atoms with Crippen LogP contribution in [0, 0.1) is 0 Å². The first-order chi connectivity index (χ1) is 14.1. The number of nitrogens with one attached hydrogen (secondary N) is 2. The second kappa shape index (κ2) is 10.1. The second-order valence-electron chi connectivity index (χ2n) is 7.39. The van der Waals surface area contributed by atoms with Crippen molar-refractivity contribution in [2.75, 3.05) is 49.5 Å². The predicted octanol–water partition coefficient (Wildman–Crippen LogP) is 2.60. The van der Waals surface area contributed by atoms with Crippen LogP contribution in [0.15, 0.2) is 18.2 Å². The van der Waals surface area contributed by atoms with E-state index in [2.05, 4.69) is 15.5 Å². The Morgan fingerprint density at radius 2 is 1.69 bits per heavy atom. The zero-order valence-corrected chi connectivity index (χ0v) is 17.0. The van der Waals surface area contributed by atoms with E-state index in [1.807, 2.05) is 11.0 Å². The molecular weight excluding hydrogens is 372 g/mol. The Morgan fingerprint density at radius 1 is 1.00 bits per heavy atom. The number of carbonyl (C=O) groups is 3. The van der Waals surface area contributed by atoms with Crippen molar-refractivity contribution in [3.63, 3.8) is 0 Å². The first-order valence-corrected chi connectivity index (χ1v) is 10.5. The zero-order valence-electron chi connectivity index (χ0n) is 17.0. The maximum absolute atomic E-state index is 13.1. The van der Waals surface area contributed by atoms with Gasteiger partial charge in [-0.15, -0.1) is 0 Å². The summed E-state index contributed by atoms with van der Waals surface area (Å²) in [5.74, 6) is -0.480. The van der Waals surface area contributed by atoms with Crippen molar-refractivity contribution >= 4 is 29.3 Å². The molecule has 8 heteroatoms. The van der Waals surface area contributed by atoms with Gasteiger partial charge in [-0.1, -0.05) is 0 Å². The van der Waals surface area contributed by atoms with E-state index in [-0.39, 0.29) is 19.1 Å². The molecule has 0 aromatic heterocycles. The molecule has 2 heterocycles. The minimum Gasteiger partial charge on any atom is -0.465 e. The van der Waals surface area contributed by atoms with Gasteiger partial charge in [-0.25, -0.2) is 4.79 Å². The molecule has 1 aromatic carbocycles. The number of amides is 3. The fraction of sp³-hybridized carbons (Fsp3) is 0.571. The number of nitrogens with zero attached hydrogens (tertiary/aromatic N) is 2. The molecule has 2 saturated heterocycles. The van der Waals surface area contributed by atoms with Gasteiger partial charge < -0.3 is 25.2 Å².